The fourth-order valence-corrected chi connectivity index (χ4v) is 3.27. The molecule has 3 heterocycles. The summed E-state index contributed by atoms with van der Waals surface area (Å²) < 4.78 is 38.1. The van der Waals surface area contributed by atoms with Crippen molar-refractivity contribution in [3.05, 3.63) is 29.7 Å². The summed E-state index contributed by atoms with van der Waals surface area (Å²) in [6.45, 7) is 1.72. The van der Waals surface area contributed by atoms with Crippen LogP contribution in [-0.4, -0.2) is 36.3 Å². The zero-order valence-corrected chi connectivity index (χ0v) is 12.5. The van der Waals surface area contributed by atoms with E-state index in [0.29, 0.717) is 38.4 Å². The van der Waals surface area contributed by atoms with Crippen LogP contribution in [0.25, 0.3) is 11.4 Å². The minimum Gasteiger partial charge on any atom is -0.493 e. The number of nitrogens with zero attached hydrogens (tertiary/aromatic N) is 2. The van der Waals surface area contributed by atoms with E-state index in [1.165, 1.54) is 0 Å². The van der Waals surface area contributed by atoms with Crippen LogP contribution in [0.5, 0.6) is 5.75 Å². The summed E-state index contributed by atoms with van der Waals surface area (Å²) in [6, 6.07) is 5.63. The molecule has 2 aliphatic rings. The van der Waals surface area contributed by atoms with Crippen LogP contribution in [0.1, 0.15) is 24.3 Å². The summed E-state index contributed by atoms with van der Waals surface area (Å²) in [6.07, 6.45) is -1.10. The number of fused-ring (bicyclic) bond motifs is 1. The van der Waals surface area contributed by atoms with Gasteiger partial charge in [0.25, 0.3) is 6.43 Å². The number of alkyl halides is 2. The van der Waals surface area contributed by atoms with Crippen molar-refractivity contribution in [3.63, 3.8) is 0 Å². The van der Waals surface area contributed by atoms with Crippen LogP contribution in [-0.2, 0) is 11.8 Å². The van der Waals surface area contributed by atoms with Crippen LogP contribution in [0.4, 0.5) is 8.78 Å². The molecule has 1 N–H and O–H groups in total. The van der Waals surface area contributed by atoms with Gasteiger partial charge in [0.2, 0.25) is 11.7 Å². The average Bonchev–Trinajstić information content (AvgIpc) is 3.24. The van der Waals surface area contributed by atoms with Gasteiger partial charge in [-0.1, -0.05) is 5.16 Å². The SMILES string of the molecule is FC(F)C1(c2nc(-c3ccc4c(c3)CCO4)no2)CCNCC1. The highest BCUT2D eigenvalue weighted by atomic mass is 19.3. The maximum absolute atomic E-state index is 13.7. The third-order valence-electron chi connectivity index (χ3n) is 4.71. The summed E-state index contributed by atoms with van der Waals surface area (Å²) in [4.78, 5) is 4.30. The topological polar surface area (TPSA) is 60.2 Å². The first-order valence-electron chi connectivity index (χ1n) is 7.78. The quantitative estimate of drug-likeness (QED) is 0.941. The summed E-state index contributed by atoms with van der Waals surface area (Å²) in [5, 5.41) is 7.03. The second-order valence-electron chi connectivity index (χ2n) is 6.05. The molecule has 0 bridgehead atoms. The van der Waals surface area contributed by atoms with Gasteiger partial charge in [0, 0.05) is 12.0 Å². The van der Waals surface area contributed by atoms with E-state index in [0.717, 1.165) is 23.3 Å². The van der Waals surface area contributed by atoms with Crippen molar-refractivity contribution in [2.24, 2.45) is 0 Å². The van der Waals surface area contributed by atoms with E-state index >= 15 is 0 Å². The molecular weight excluding hydrogens is 304 g/mol. The van der Waals surface area contributed by atoms with E-state index in [2.05, 4.69) is 15.5 Å². The lowest BCUT2D eigenvalue weighted by Gasteiger charge is -2.33. The van der Waals surface area contributed by atoms with Gasteiger partial charge in [-0.25, -0.2) is 8.78 Å². The number of nitrogens with one attached hydrogen (secondary N) is 1. The zero-order valence-electron chi connectivity index (χ0n) is 12.5. The number of hydrogen-bond donors (Lipinski definition) is 1. The molecule has 0 amide bonds. The smallest absolute Gasteiger partial charge is 0.253 e. The molecule has 1 saturated heterocycles. The molecule has 23 heavy (non-hydrogen) atoms. The lowest BCUT2D eigenvalue weighted by Crippen LogP contribution is -2.45. The van der Waals surface area contributed by atoms with Crippen molar-refractivity contribution < 1.29 is 18.0 Å². The number of halogens is 2. The molecule has 2 aromatic rings. The Labute approximate surface area is 132 Å². The predicted molar refractivity (Wildman–Crippen MR) is 78.7 cm³/mol. The Hall–Kier alpha value is -2.02. The van der Waals surface area contributed by atoms with E-state index in [-0.39, 0.29) is 5.89 Å². The Balaban J connectivity index is 1.68. The number of rotatable bonds is 3. The monoisotopic (exact) mass is 321 g/mol. The highest BCUT2D eigenvalue weighted by molar-refractivity contribution is 5.59. The van der Waals surface area contributed by atoms with Crippen molar-refractivity contribution in [1.29, 1.82) is 0 Å². The van der Waals surface area contributed by atoms with Gasteiger partial charge in [0.05, 0.1) is 6.61 Å². The molecule has 1 fully saturated rings. The maximum Gasteiger partial charge on any atom is 0.253 e. The summed E-state index contributed by atoms with van der Waals surface area (Å²) in [5.41, 5.74) is 0.512. The van der Waals surface area contributed by atoms with E-state index in [1.54, 1.807) is 0 Å². The molecule has 4 rings (SSSR count). The van der Waals surface area contributed by atoms with Gasteiger partial charge < -0.3 is 14.6 Å². The first-order chi connectivity index (χ1) is 11.2. The molecule has 0 unspecified atom stereocenters. The summed E-state index contributed by atoms with van der Waals surface area (Å²) in [5.74, 6) is 1.26. The number of hydrogen-bond acceptors (Lipinski definition) is 5. The zero-order chi connectivity index (χ0) is 15.9. The molecule has 0 aliphatic carbocycles. The van der Waals surface area contributed by atoms with Crippen molar-refractivity contribution >= 4 is 0 Å². The lowest BCUT2D eigenvalue weighted by atomic mass is 9.79. The van der Waals surface area contributed by atoms with Crippen LogP contribution >= 0.6 is 0 Å². The van der Waals surface area contributed by atoms with Gasteiger partial charge in [-0.05, 0) is 49.7 Å². The molecule has 0 radical (unpaired) electrons. The van der Waals surface area contributed by atoms with E-state index in [4.69, 9.17) is 9.26 Å². The third-order valence-corrected chi connectivity index (χ3v) is 4.71. The Morgan fingerprint density at radius 2 is 2.04 bits per heavy atom. The van der Waals surface area contributed by atoms with Crippen molar-refractivity contribution in [1.82, 2.24) is 15.5 Å². The maximum atomic E-state index is 13.7. The summed E-state index contributed by atoms with van der Waals surface area (Å²) >= 11 is 0. The largest absolute Gasteiger partial charge is 0.493 e. The average molecular weight is 321 g/mol. The Bertz CT molecular complexity index is 711. The van der Waals surface area contributed by atoms with Gasteiger partial charge in [0.1, 0.15) is 11.2 Å². The third kappa shape index (κ3) is 2.39. The van der Waals surface area contributed by atoms with Gasteiger partial charge in [-0.15, -0.1) is 0 Å². The molecule has 5 nitrogen and oxygen atoms in total. The minimum absolute atomic E-state index is 0.0424. The highest BCUT2D eigenvalue weighted by Gasteiger charge is 2.47. The molecule has 122 valence electrons. The van der Waals surface area contributed by atoms with Gasteiger partial charge in [-0.3, -0.25) is 0 Å². The first kappa shape index (κ1) is 14.6. The Kier molecular flexibility index (Phi) is 3.52. The highest BCUT2D eigenvalue weighted by Crippen LogP contribution is 2.39. The Morgan fingerprint density at radius 3 is 2.83 bits per heavy atom. The van der Waals surface area contributed by atoms with Crippen LogP contribution < -0.4 is 10.1 Å². The van der Waals surface area contributed by atoms with E-state index in [9.17, 15) is 8.78 Å². The van der Waals surface area contributed by atoms with E-state index in [1.807, 2.05) is 18.2 Å². The predicted octanol–water partition coefficient (Wildman–Crippen LogP) is 2.56. The molecule has 0 spiro atoms. The number of benzene rings is 1. The molecule has 7 heteroatoms. The molecule has 1 aromatic carbocycles. The van der Waals surface area contributed by atoms with Crippen LogP contribution in [0.15, 0.2) is 22.7 Å². The van der Waals surface area contributed by atoms with Crippen molar-refractivity contribution in [2.45, 2.75) is 31.1 Å². The van der Waals surface area contributed by atoms with Crippen LogP contribution in [0.3, 0.4) is 0 Å². The van der Waals surface area contributed by atoms with E-state index < -0.39 is 11.8 Å². The lowest BCUT2D eigenvalue weighted by molar-refractivity contribution is 0.0103. The summed E-state index contributed by atoms with van der Waals surface area (Å²) in [7, 11) is 0. The standard InChI is InChI=1S/C16H17F2N3O2/c17-14(18)16(4-6-19-7-5-16)15-20-13(21-23-15)11-1-2-12-10(9-11)3-8-22-12/h1-2,9,14,19H,3-8H2. The van der Waals surface area contributed by atoms with Crippen LogP contribution in [0, 0.1) is 0 Å². The second-order valence-corrected chi connectivity index (χ2v) is 6.05. The van der Waals surface area contributed by atoms with Gasteiger partial charge in [0.15, 0.2) is 0 Å². The van der Waals surface area contributed by atoms with Crippen molar-refractivity contribution in [3.8, 4) is 17.1 Å². The fraction of sp³-hybridized carbons (Fsp3) is 0.500. The molecule has 1 aromatic heterocycles. The molecule has 0 saturated carbocycles. The normalized spacial score (nSPS) is 19.6. The minimum atomic E-state index is -2.52. The number of piperidine rings is 1. The molecular formula is C16H17F2N3O2. The fourth-order valence-electron chi connectivity index (χ4n) is 3.27. The second kappa shape index (κ2) is 5.56. The first-order valence-corrected chi connectivity index (χ1v) is 7.78. The van der Waals surface area contributed by atoms with Gasteiger partial charge >= 0.3 is 0 Å². The van der Waals surface area contributed by atoms with Crippen LogP contribution in [0.2, 0.25) is 0 Å². The van der Waals surface area contributed by atoms with Gasteiger partial charge in [-0.2, -0.15) is 4.98 Å². The Morgan fingerprint density at radius 1 is 1.22 bits per heavy atom. The molecule has 0 atom stereocenters. The number of aromatic nitrogens is 2. The van der Waals surface area contributed by atoms with Crippen molar-refractivity contribution in [2.75, 3.05) is 19.7 Å². The number of ether oxygens (including phenoxy) is 1. The molecule has 2 aliphatic heterocycles.